The molecule has 1 unspecified atom stereocenters. The molecule has 0 radical (unpaired) electrons. The second kappa shape index (κ2) is 6.49. The van der Waals surface area contributed by atoms with Gasteiger partial charge in [0.2, 0.25) is 5.70 Å². The molecule has 2 aliphatic heterocycles. The Labute approximate surface area is 163 Å². The minimum Gasteiger partial charge on any atom is -0.195 e. The summed E-state index contributed by atoms with van der Waals surface area (Å²) in [7, 11) is 0. The van der Waals surface area contributed by atoms with Crippen molar-refractivity contribution in [3.63, 3.8) is 0 Å². The Bertz CT molecular complexity index is 1020. The van der Waals surface area contributed by atoms with Crippen LogP contribution in [0, 0.1) is 13.8 Å². The average molecular weight is 355 g/mol. The molecule has 2 aromatic rings. The third-order valence-corrected chi connectivity index (χ3v) is 6.53. The predicted octanol–water partition coefficient (Wildman–Crippen LogP) is 6.55. The fourth-order valence-corrected chi connectivity index (χ4v) is 4.53. The monoisotopic (exact) mass is 354 g/mol. The fraction of sp³-hybridized carbons (Fsp3) is 0.269. The lowest BCUT2D eigenvalue weighted by atomic mass is 9.73. The van der Waals surface area contributed by atoms with E-state index in [9.17, 15) is 0 Å². The van der Waals surface area contributed by atoms with Crippen LogP contribution < -0.4 is 0 Å². The molecule has 2 aliphatic rings. The first kappa shape index (κ1) is 17.7. The van der Waals surface area contributed by atoms with Gasteiger partial charge >= 0.3 is 0 Å². The molecule has 2 aromatic carbocycles. The number of rotatable bonds is 2. The van der Waals surface area contributed by atoms with Gasteiger partial charge in [-0.1, -0.05) is 56.0 Å². The van der Waals surface area contributed by atoms with Crippen LogP contribution in [-0.4, -0.2) is 16.8 Å². The molecule has 4 rings (SSSR count). The molecule has 0 saturated carbocycles. The van der Waals surface area contributed by atoms with Crippen molar-refractivity contribution in [1.82, 2.24) is 0 Å². The van der Waals surface area contributed by atoms with Crippen LogP contribution in [0.15, 0.2) is 61.2 Å². The molecule has 136 valence electrons. The highest BCUT2D eigenvalue weighted by molar-refractivity contribution is 5.87. The van der Waals surface area contributed by atoms with E-state index in [0.717, 1.165) is 19.3 Å². The van der Waals surface area contributed by atoms with E-state index in [0.29, 0.717) is 0 Å². The molecule has 0 aromatic heterocycles. The summed E-state index contributed by atoms with van der Waals surface area (Å²) in [6, 6.07) is 13.5. The van der Waals surface area contributed by atoms with Crippen molar-refractivity contribution in [3.8, 4) is 11.1 Å². The van der Waals surface area contributed by atoms with Gasteiger partial charge in [-0.05, 0) is 54.2 Å². The van der Waals surface area contributed by atoms with Crippen LogP contribution in [0.1, 0.15) is 48.4 Å². The van der Waals surface area contributed by atoms with Crippen LogP contribution in [-0.2, 0) is 0 Å². The van der Waals surface area contributed by atoms with Crippen molar-refractivity contribution in [3.05, 3.63) is 83.5 Å². The summed E-state index contributed by atoms with van der Waals surface area (Å²) < 4.78 is 2.23. The molecule has 1 nitrogen and oxygen atoms in total. The maximum absolute atomic E-state index is 4.54. The maximum Gasteiger partial charge on any atom is 0.213 e. The van der Waals surface area contributed by atoms with E-state index in [1.807, 2.05) is 0 Å². The van der Waals surface area contributed by atoms with E-state index in [4.69, 9.17) is 0 Å². The van der Waals surface area contributed by atoms with E-state index in [1.165, 1.54) is 44.7 Å². The SMILES string of the molecule is C=C1c2ccc(-c3ccc(C)c(C)c3)cc2C2=CC=CCCC1(CC)[N+]2=C. The lowest BCUT2D eigenvalue weighted by Crippen LogP contribution is -2.44. The van der Waals surface area contributed by atoms with Crippen LogP contribution in [0.25, 0.3) is 22.4 Å². The zero-order valence-corrected chi connectivity index (χ0v) is 16.7. The molecule has 0 aliphatic carbocycles. The molecule has 1 heteroatoms. The first-order chi connectivity index (χ1) is 13.0. The van der Waals surface area contributed by atoms with Gasteiger partial charge in [0.15, 0.2) is 5.54 Å². The lowest BCUT2D eigenvalue weighted by molar-refractivity contribution is -0.503. The zero-order chi connectivity index (χ0) is 19.2. The van der Waals surface area contributed by atoms with Gasteiger partial charge in [0.1, 0.15) is 6.72 Å². The molecule has 0 spiro atoms. The van der Waals surface area contributed by atoms with Crippen molar-refractivity contribution >= 4 is 18.0 Å². The highest BCUT2D eigenvalue weighted by Crippen LogP contribution is 2.47. The van der Waals surface area contributed by atoms with Gasteiger partial charge in [-0.25, -0.2) is 0 Å². The largest absolute Gasteiger partial charge is 0.213 e. The Balaban J connectivity index is 1.93. The normalized spacial score (nSPS) is 21.4. The number of nitrogens with zero attached hydrogens (tertiary/aromatic N) is 1. The number of fused-ring (bicyclic) bond motifs is 4. The summed E-state index contributed by atoms with van der Waals surface area (Å²) >= 11 is 0. The molecule has 1 atom stereocenters. The van der Waals surface area contributed by atoms with Crippen LogP contribution in [0.3, 0.4) is 0 Å². The van der Waals surface area contributed by atoms with E-state index < -0.39 is 0 Å². The lowest BCUT2D eigenvalue weighted by Gasteiger charge is -2.37. The van der Waals surface area contributed by atoms with Gasteiger partial charge in [0.05, 0.1) is 5.56 Å². The van der Waals surface area contributed by atoms with E-state index in [-0.39, 0.29) is 5.54 Å². The summed E-state index contributed by atoms with van der Waals surface area (Å²) in [5, 5.41) is 0. The van der Waals surface area contributed by atoms with Gasteiger partial charge in [-0.15, -0.1) is 0 Å². The summed E-state index contributed by atoms with van der Waals surface area (Å²) in [6.07, 6.45) is 9.78. The number of hydrogen-bond donors (Lipinski definition) is 0. The first-order valence-corrected chi connectivity index (χ1v) is 9.87. The minimum atomic E-state index is -0.0917. The molecule has 0 N–H and O–H groups in total. The Hall–Kier alpha value is -2.67. The van der Waals surface area contributed by atoms with Gasteiger partial charge in [-0.3, -0.25) is 0 Å². The van der Waals surface area contributed by atoms with Gasteiger partial charge < -0.3 is 0 Å². The highest BCUT2D eigenvalue weighted by Gasteiger charge is 2.48. The number of allylic oxidation sites excluding steroid dienone is 3. The second-order valence-electron chi connectivity index (χ2n) is 7.87. The molecule has 27 heavy (non-hydrogen) atoms. The Morgan fingerprint density at radius 3 is 2.48 bits per heavy atom. The molecule has 2 bridgehead atoms. The van der Waals surface area contributed by atoms with Crippen molar-refractivity contribution < 1.29 is 4.58 Å². The molecule has 0 saturated heterocycles. The van der Waals surface area contributed by atoms with E-state index in [2.05, 4.69) is 93.3 Å². The third-order valence-electron chi connectivity index (χ3n) is 6.53. The summed E-state index contributed by atoms with van der Waals surface area (Å²) in [5.74, 6) is 0. The summed E-state index contributed by atoms with van der Waals surface area (Å²) in [6.45, 7) is 15.6. The Morgan fingerprint density at radius 2 is 1.74 bits per heavy atom. The topological polar surface area (TPSA) is 3.01 Å². The summed E-state index contributed by atoms with van der Waals surface area (Å²) in [4.78, 5) is 0. The first-order valence-electron chi connectivity index (χ1n) is 9.87. The average Bonchev–Trinajstić information content (AvgIpc) is 2.67. The van der Waals surface area contributed by atoms with Crippen molar-refractivity contribution in [2.45, 2.75) is 45.6 Å². The van der Waals surface area contributed by atoms with Crippen molar-refractivity contribution in [2.75, 3.05) is 0 Å². The number of hydrogen-bond acceptors (Lipinski definition) is 0. The Morgan fingerprint density at radius 1 is 1.00 bits per heavy atom. The van der Waals surface area contributed by atoms with Gasteiger partial charge in [-0.2, -0.15) is 4.58 Å². The molecular weight excluding hydrogens is 326 g/mol. The van der Waals surface area contributed by atoms with Crippen LogP contribution in [0.5, 0.6) is 0 Å². The summed E-state index contributed by atoms with van der Waals surface area (Å²) in [5.41, 5.74) is 9.97. The standard InChI is InChI=1S/C26H28N/c1-6-26-15-9-7-8-10-25(27(26)5)24-17-22(13-14-23(24)20(26)4)21-12-11-18(2)19(3)16-21/h7-8,10-14,16-17H,4-6,9,15H2,1-3H3/q+1. The van der Waals surface area contributed by atoms with Crippen LogP contribution in [0.4, 0.5) is 0 Å². The predicted molar refractivity (Wildman–Crippen MR) is 117 cm³/mol. The van der Waals surface area contributed by atoms with E-state index in [1.54, 1.807) is 0 Å². The molecule has 0 fully saturated rings. The Kier molecular flexibility index (Phi) is 4.26. The third kappa shape index (κ3) is 2.65. The minimum absolute atomic E-state index is 0.0917. The fourth-order valence-electron chi connectivity index (χ4n) is 4.53. The van der Waals surface area contributed by atoms with E-state index >= 15 is 0 Å². The van der Waals surface area contributed by atoms with Crippen LogP contribution in [0.2, 0.25) is 0 Å². The maximum atomic E-state index is 4.54. The zero-order valence-electron chi connectivity index (χ0n) is 16.7. The molecule has 2 heterocycles. The quantitative estimate of drug-likeness (QED) is 0.538. The number of benzene rings is 2. The number of aryl methyl sites for hydroxylation is 2. The molecule has 0 amide bonds. The van der Waals surface area contributed by atoms with Crippen molar-refractivity contribution in [1.29, 1.82) is 0 Å². The highest BCUT2D eigenvalue weighted by atomic mass is 15.1. The smallest absolute Gasteiger partial charge is 0.195 e. The molecular formula is C26H28N+. The van der Waals surface area contributed by atoms with Gasteiger partial charge in [0.25, 0.3) is 0 Å². The second-order valence-corrected chi connectivity index (χ2v) is 7.87. The van der Waals surface area contributed by atoms with Gasteiger partial charge in [0, 0.05) is 24.5 Å². The van der Waals surface area contributed by atoms with Crippen LogP contribution >= 0.6 is 0 Å². The van der Waals surface area contributed by atoms with Crippen molar-refractivity contribution in [2.24, 2.45) is 0 Å².